The molecule has 0 bridgehead atoms. The molecular formula is C24H26O6. The summed E-state index contributed by atoms with van der Waals surface area (Å²) in [5.74, 6) is -0.730. The molecule has 3 rings (SSSR count). The van der Waals surface area contributed by atoms with E-state index in [0.717, 1.165) is 17.5 Å². The first-order valence-electron chi connectivity index (χ1n) is 10.0. The predicted octanol–water partition coefficient (Wildman–Crippen LogP) is 4.53. The standard InChI is InChI=1S/C24H26O6/c1-4-13-28-21(26)12-6-16-5-11-20-19(14-16)22(24(27)29-15(2)3)23(30-20)17-7-9-18(25)10-8-17/h5-12,14-15,22-23,25H,4,13H2,1-3H3/b12-6+/t22-,23+/m0/s1. The molecule has 6 nitrogen and oxygen atoms in total. The summed E-state index contributed by atoms with van der Waals surface area (Å²) in [5.41, 5.74) is 2.21. The Labute approximate surface area is 176 Å². The highest BCUT2D eigenvalue weighted by Gasteiger charge is 2.42. The minimum Gasteiger partial charge on any atom is -0.508 e. The Hall–Kier alpha value is -3.28. The van der Waals surface area contributed by atoms with Crippen molar-refractivity contribution in [3.05, 3.63) is 65.2 Å². The summed E-state index contributed by atoms with van der Waals surface area (Å²) in [7, 11) is 0. The Morgan fingerprint density at radius 3 is 2.57 bits per heavy atom. The lowest BCUT2D eigenvalue weighted by Gasteiger charge is -2.20. The Balaban J connectivity index is 1.91. The lowest BCUT2D eigenvalue weighted by Crippen LogP contribution is -2.23. The molecule has 0 saturated heterocycles. The number of carbonyl (C=O) groups is 2. The average Bonchev–Trinajstić information content (AvgIpc) is 3.09. The fourth-order valence-electron chi connectivity index (χ4n) is 3.28. The van der Waals surface area contributed by atoms with Crippen molar-refractivity contribution in [3.63, 3.8) is 0 Å². The van der Waals surface area contributed by atoms with Gasteiger partial charge in [-0.3, -0.25) is 4.79 Å². The number of aromatic hydroxyl groups is 1. The molecule has 2 atom stereocenters. The molecule has 0 saturated carbocycles. The monoisotopic (exact) mass is 410 g/mol. The van der Waals surface area contributed by atoms with Gasteiger partial charge in [0.05, 0.1) is 12.7 Å². The predicted molar refractivity (Wildman–Crippen MR) is 112 cm³/mol. The number of rotatable bonds is 7. The van der Waals surface area contributed by atoms with E-state index in [1.165, 1.54) is 6.08 Å². The number of esters is 2. The molecule has 1 aliphatic heterocycles. The number of phenols is 1. The molecular weight excluding hydrogens is 384 g/mol. The molecule has 0 radical (unpaired) electrons. The van der Waals surface area contributed by atoms with E-state index < -0.39 is 18.0 Å². The maximum Gasteiger partial charge on any atom is 0.330 e. The number of ether oxygens (including phenoxy) is 3. The van der Waals surface area contributed by atoms with Crippen molar-refractivity contribution < 1.29 is 28.9 Å². The molecule has 6 heteroatoms. The average molecular weight is 410 g/mol. The molecule has 0 fully saturated rings. The van der Waals surface area contributed by atoms with Crippen LogP contribution in [0.15, 0.2) is 48.5 Å². The molecule has 0 aliphatic carbocycles. The zero-order valence-electron chi connectivity index (χ0n) is 17.3. The van der Waals surface area contributed by atoms with Gasteiger partial charge in [-0.2, -0.15) is 0 Å². The summed E-state index contributed by atoms with van der Waals surface area (Å²) in [4.78, 5) is 24.7. The maximum absolute atomic E-state index is 12.9. The summed E-state index contributed by atoms with van der Waals surface area (Å²) in [5, 5.41) is 9.58. The Bertz CT molecular complexity index is 929. The quantitative estimate of drug-likeness (QED) is 0.534. The topological polar surface area (TPSA) is 82.1 Å². The van der Waals surface area contributed by atoms with Crippen LogP contribution in [0.2, 0.25) is 0 Å². The summed E-state index contributed by atoms with van der Waals surface area (Å²) >= 11 is 0. The largest absolute Gasteiger partial charge is 0.508 e. The van der Waals surface area contributed by atoms with Crippen LogP contribution in [-0.2, 0) is 19.1 Å². The van der Waals surface area contributed by atoms with Gasteiger partial charge < -0.3 is 19.3 Å². The van der Waals surface area contributed by atoms with Crippen LogP contribution in [0, 0.1) is 0 Å². The van der Waals surface area contributed by atoms with E-state index in [9.17, 15) is 14.7 Å². The van der Waals surface area contributed by atoms with Crippen LogP contribution in [-0.4, -0.2) is 29.8 Å². The van der Waals surface area contributed by atoms with Crippen molar-refractivity contribution in [2.75, 3.05) is 6.61 Å². The van der Waals surface area contributed by atoms with Crippen LogP contribution in [0.1, 0.15) is 55.9 Å². The van der Waals surface area contributed by atoms with Crippen LogP contribution in [0.5, 0.6) is 11.5 Å². The van der Waals surface area contributed by atoms with Crippen LogP contribution >= 0.6 is 0 Å². The summed E-state index contributed by atoms with van der Waals surface area (Å²) in [6, 6.07) is 12.0. The second kappa shape index (κ2) is 9.48. The lowest BCUT2D eigenvalue weighted by molar-refractivity contribution is -0.151. The van der Waals surface area contributed by atoms with Gasteiger partial charge in [0.1, 0.15) is 23.5 Å². The number of fused-ring (bicyclic) bond motifs is 1. The van der Waals surface area contributed by atoms with Gasteiger partial charge in [-0.25, -0.2) is 4.79 Å². The van der Waals surface area contributed by atoms with E-state index in [4.69, 9.17) is 14.2 Å². The second-order valence-corrected chi connectivity index (χ2v) is 7.39. The highest BCUT2D eigenvalue weighted by Crippen LogP contribution is 2.47. The van der Waals surface area contributed by atoms with Crippen molar-refractivity contribution in [3.8, 4) is 11.5 Å². The highest BCUT2D eigenvalue weighted by atomic mass is 16.6. The Morgan fingerprint density at radius 1 is 1.17 bits per heavy atom. The number of hydrogen-bond acceptors (Lipinski definition) is 6. The third kappa shape index (κ3) is 5.00. The SMILES string of the molecule is CCCOC(=O)/C=C/c1ccc2c(c1)[C@H](C(=O)OC(C)C)[C@@H](c1ccc(O)cc1)O2. The molecule has 0 spiro atoms. The third-order valence-electron chi connectivity index (χ3n) is 4.61. The maximum atomic E-state index is 12.9. The smallest absolute Gasteiger partial charge is 0.330 e. The molecule has 158 valence electrons. The van der Waals surface area contributed by atoms with Crippen LogP contribution < -0.4 is 4.74 Å². The molecule has 1 aliphatic rings. The summed E-state index contributed by atoms with van der Waals surface area (Å²) < 4.78 is 16.6. The highest BCUT2D eigenvalue weighted by molar-refractivity contribution is 5.87. The van der Waals surface area contributed by atoms with Gasteiger partial charge in [-0.1, -0.05) is 25.1 Å². The first kappa shape index (κ1) is 21.4. The normalized spacial score (nSPS) is 17.6. The number of carbonyl (C=O) groups excluding carboxylic acids is 2. The first-order valence-corrected chi connectivity index (χ1v) is 10.0. The Kier molecular flexibility index (Phi) is 6.77. The van der Waals surface area contributed by atoms with Gasteiger partial charge in [-0.05, 0) is 61.7 Å². The molecule has 0 amide bonds. The molecule has 2 aromatic rings. The summed E-state index contributed by atoms with van der Waals surface area (Å²) in [6.07, 6.45) is 2.94. The van der Waals surface area contributed by atoms with Gasteiger partial charge in [-0.15, -0.1) is 0 Å². The van der Waals surface area contributed by atoms with Crippen molar-refractivity contribution >= 4 is 18.0 Å². The van der Waals surface area contributed by atoms with Crippen molar-refractivity contribution in [2.24, 2.45) is 0 Å². The van der Waals surface area contributed by atoms with E-state index >= 15 is 0 Å². The fourth-order valence-corrected chi connectivity index (χ4v) is 3.28. The minimum absolute atomic E-state index is 0.137. The van der Waals surface area contributed by atoms with Crippen LogP contribution in [0.4, 0.5) is 0 Å². The van der Waals surface area contributed by atoms with Gasteiger partial charge in [0.15, 0.2) is 0 Å². The zero-order valence-corrected chi connectivity index (χ0v) is 17.3. The first-order chi connectivity index (χ1) is 14.4. The molecule has 30 heavy (non-hydrogen) atoms. The number of hydrogen-bond donors (Lipinski definition) is 1. The molecule has 2 aromatic carbocycles. The van der Waals surface area contributed by atoms with E-state index in [-0.39, 0.29) is 17.8 Å². The zero-order chi connectivity index (χ0) is 21.7. The van der Waals surface area contributed by atoms with Gasteiger partial charge >= 0.3 is 11.9 Å². The van der Waals surface area contributed by atoms with Gasteiger partial charge in [0, 0.05) is 11.6 Å². The van der Waals surface area contributed by atoms with Crippen molar-refractivity contribution in [2.45, 2.75) is 45.3 Å². The number of benzene rings is 2. The van der Waals surface area contributed by atoms with Crippen molar-refractivity contribution in [1.82, 2.24) is 0 Å². The van der Waals surface area contributed by atoms with E-state index in [1.807, 2.05) is 19.1 Å². The molecule has 0 aromatic heterocycles. The third-order valence-corrected chi connectivity index (χ3v) is 4.61. The van der Waals surface area contributed by atoms with Crippen LogP contribution in [0.25, 0.3) is 6.08 Å². The number of phenolic OH excluding ortho intramolecular Hbond substituents is 1. The Morgan fingerprint density at radius 2 is 1.90 bits per heavy atom. The minimum atomic E-state index is -0.660. The lowest BCUT2D eigenvalue weighted by atomic mass is 9.90. The van der Waals surface area contributed by atoms with E-state index in [0.29, 0.717) is 17.9 Å². The van der Waals surface area contributed by atoms with Crippen molar-refractivity contribution in [1.29, 1.82) is 0 Å². The van der Waals surface area contributed by atoms with E-state index in [2.05, 4.69) is 0 Å². The van der Waals surface area contributed by atoms with Gasteiger partial charge in [0.25, 0.3) is 0 Å². The molecule has 0 unspecified atom stereocenters. The van der Waals surface area contributed by atoms with E-state index in [1.54, 1.807) is 50.3 Å². The van der Waals surface area contributed by atoms with Gasteiger partial charge in [0.2, 0.25) is 0 Å². The molecule has 1 heterocycles. The second-order valence-electron chi connectivity index (χ2n) is 7.39. The molecule has 1 N–H and O–H groups in total. The summed E-state index contributed by atoms with van der Waals surface area (Å²) in [6.45, 7) is 5.90. The van der Waals surface area contributed by atoms with Crippen LogP contribution in [0.3, 0.4) is 0 Å². The fraction of sp³-hybridized carbons (Fsp3) is 0.333.